The highest BCUT2D eigenvalue weighted by Crippen LogP contribution is 2.55. The van der Waals surface area contributed by atoms with Crippen LogP contribution < -0.4 is 9.80 Å². The molecule has 2 aromatic heterocycles. The van der Waals surface area contributed by atoms with Gasteiger partial charge in [-0.25, -0.2) is 4.98 Å². The highest BCUT2D eigenvalue weighted by Gasteiger charge is 2.57. The number of fused-ring (bicyclic) bond motifs is 1. The summed E-state index contributed by atoms with van der Waals surface area (Å²) in [5, 5.41) is 1.76. The van der Waals surface area contributed by atoms with Crippen LogP contribution in [0.3, 0.4) is 0 Å². The van der Waals surface area contributed by atoms with Crippen LogP contribution in [0.1, 0.15) is 25.5 Å². The number of halogens is 3. The first kappa shape index (κ1) is 20.5. The predicted molar refractivity (Wildman–Crippen MR) is 111 cm³/mol. The second-order valence-electron chi connectivity index (χ2n) is 8.55. The highest BCUT2D eigenvalue weighted by atomic mass is 32.1. The predicted octanol–water partition coefficient (Wildman–Crippen LogP) is 4.07. The van der Waals surface area contributed by atoms with Gasteiger partial charge >= 0.3 is 12.1 Å². The molecule has 0 aromatic carbocycles. The van der Waals surface area contributed by atoms with Crippen LogP contribution in [-0.2, 0) is 15.7 Å². The molecule has 3 fully saturated rings. The van der Waals surface area contributed by atoms with Crippen molar-refractivity contribution in [3.63, 3.8) is 0 Å². The monoisotopic (exact) mass is 452 g/mol. The lowest BCUT2D eigenvalue weighted by atomic mass is 10.1. The zero-order valence-electron chi connectivity index (χ0n) is 17.2. The minimum Gasteiger partial charge on any atom is -0.469 e. The number of hydrogen-bond donors (Lipinski definition) is 0. The molecule has 0 amide bonds. The minimum absolute atomic E-state index is 0.0604. The number of esters is 1. The van der Waals surface area contributed by atoms with Crippen LogP contribution in [0.5, 0.6) is 0 Å². The van der Waals surface area contributed by atoms with Crippen LogP contribution in [-0.4, -0.2) is 48.7 Å². The molecule has 0 bridgehead atoms. The normalized spacial score (nSPS) is 27.1. The van der Waals surface area contributed by atoms with Crippen molar-refractivity contribution in [1.29, 1.82) is 0 Å². The summed E-state index contributed by atoms with van der Waals surface area (Å²) in [5.74, 6) is 1.07. The molecule has 0 N–H and O–H groups in total. The Hall–Kier alpha value is -2.36. The van der Waals surface area contributed by atoms with E-state index in [1.165, 1.54) is 18.4 Å². The number of nitrogens with zero attached hydrogens (tertiary/aromatic N) is 4. The van der Waals surface area contributed by atoms with Crippen molar-refractivity contribution in [2.24, 2.45) is 17.8 Å². The number of thiophene rings is 1. The molecule has 5 rings (SSSR count). The molecule has 6 nitrogen and oxygen atoms in total. The van der Waals surface area contributed by atoms with Gasteiger partial charge in [-0.3, -0.25) is 4.79 Å². The van der Waals surface area contributed by atoms with E-state index in [0.29, 0.717) is 36.8 Å². The summed E-state index contributed by atoms with van der Waals surface area (Å²) >= 11 is 1.26. The first-order chi connectivity index (χ1) is 14.8. The van der Waals surface area contributed by atoms with Gasteiger partial charge in [0.15, 0.2) is 5.69 Å². The number of alkyl halides is 3. The quantitative estimate of drug-likeness (QED) is 0.638. The molecule has 1 aliphatic carbocycles. The van der Waals surface area contributed by atoms with Crippen LogP contribution in [0.4, 0.5) is 24.9 Å². The van der Waals surface area contributed by atoms with E-state index < -0.39 is 11.9 Å². The highest BCUT2D eigenvalue weighted by molar-refractivity contribution is 7.13. The first-order valence-electron chi connectivity index (χ1n) is 10.4. The average Bonchev–Trinajstić information content (AvgIpc) is 3.15. The molecule has 4 heterocycles. The van der Waals surface area contributed by atoms with Gasteiger partial charge < -0.3 is 14.5 Å². The van der Waals surface area contributed by atoms with Gasteiger partial charge in [-0.1, -0.05) is 6.07 Å². The molecule has 31 heavy (non-hydrogen) atoms. The molecule has 0 radical (unpaired) electrons. The number of aromatic nitrogens is 2. The maximum atomic E-state index is 14.1. The van der Waals surface area contributed by atoms with Crippen molar-refractivity contribution in [1.82, 2.24) is 9.97 Å². The SMILES string of the molecule is COC(=O)C[C@@H]1[C@H]2CN(c3nc(N4CC[C@@H]4C)nc(C(F)(F)F)c3-c3cccs3)C[C@@H]12. The third-order valence-corrected chi connectivity index (χ3v) is 7.68. The van der Waals surface area contributed by atoms with Gasteiger partial charge in [-0.05, 0) is 42.5 Å². The van der Waals surface area contributed by atoms with Gasteiger partial charge in [0.05, 0.1) is 12.7 Å². The minimum atomic E-state index is -4.59. The van der Waals surface area contributed by atoms with Gasteiger partial charge in [0.2, 0.25) is 5.95 Å². The zero-order valence-corrected chi connectivity index (χ0v) is 18.0. The van der Waals surface area contributed by atoms with E-state index >= 15 is 0 Å². The average molecular weight is 453 g/mol. The van der Waals surface area contributed by atoms with Gasteiger partial charge in [0, 0.05) is 37.0 Å². The van der Waals surface area contributed by atoms with Gasteiger partial charge in [0.1, 0.15) is 5.82 Å². The number of anilines is 2. The number of piperidine rings is 1. The Balaban J connectivity index is 1.53. The second-order valence-corrected chi connectivity index (χ2v) is 9.50. The Labute approximate surface area is 182 Å². The number of ether oxygens (including phenoxy) is 1. The smallest absolute Gasteiger partial charge is 0.434 e. The number of carbonyl (C=O) groups excluding carboxylic acids is 1. The summed E-state index contributed by atoms with van der Waals surface area (Å²) in [7, 11) is 1.37. The molecule has 2 aliphatic heterocycles. The number of rotatable bonds is 5. The zero-order chi connectivity index (χ0) is 21.9. The Morgan fingerprint density at radius 2 is 2.03 bits per heavy atom. The first-order valence-corrected chi connectivity index (χ1v) is 11.3. The second kappa shape index (κ2) is 7.36. The maximum absolute atomic E-state index is 14.1. The van der Waals surface area contributed by atoms with Crippen LogP contribution in [0.15, 0.2) is 17.5 Å². The summed E-state index contributed by atoms with van der Waals surface area (Å²) in [6, 6.07) is 3.55. The van der Waals surface area contributed by atoms with Gasteiger partial charge in [-0.15, -0.1) is 11.3 Å². The van der Waals surface area contributed by atoms with Crippen LogP contribution >= 0.6 is 11.3 Å². The van der Waals surface area contributed by atoms with E-state index in [0.717, 1.165) is 6.42 Å². The van der Waals surface area contributed by atoms with E-state index in [9.17, 15) is 18.0 Å². The van der Waals surface area contributed by atoms with E-state index in [2.05, 4.69) is 9.97 Å². The fourth-order valence-corrected chi connectivity index (χ4v) is 5.63. The van der Waals surface area contributed by atoms with E-state index in [-0.39, 0.29) is 41.3 Å². The van der Waals surface area contributed by atoms with Gasteiger partial charge in [-0.2, -0.15) is 18.2 Å². The summed E-state index contributed by atoms with van der Waals surface area (Å²) < 4.78 is 47.1. The van der Waals surface area contributed by atoms with Crippen molar-refractivity contribution in [3.8, 4) is 10.4 Å². The molecule has 0 unspecified atom stereocenters. The van der Waals surface area contributed by atoms with Crippen LogP contribution in [0.25, 0.3) is 10.4 Å². The molecule has 0 spiro atoms. The fourth-order valence-electron chi connectivity index (χ4n) is 4.86. The largest absolute Gasteiger partial charge is 0.469 e. The summed E-state index contributed by atoms with van der Waals surface area (Å²) in [4.78, 5) is 24.6. The lowest BCUT2D eigenvalue weighted by molar-refractivity contribution is -0.141. The Morgan fingerprint density at radius 3 is 2.55 bits per heavy atom. The summed E-state index contributed by atoms with van der Waals surface area (Å²) in [5.41, 5.74) is -0.814. The number of carbonyl (C=O) groups is 1. The number of hydrogen-bond acceptors (Lipinski definition) is 7. The van der Waals surface area contributed by atoms with Crippen LogP contribution in [0, 0.1) is 17.8 Å². The van der Waals surface area contributed by atoms with E-state index in [1.807, 2.05) is 16.7 Å². The standard InChI is InChI=1S/C21H23F3N4O2S/c1-11-5-6-28(11)20-25-18(21(22,23)24)17(15-4-3-7-31-15)19(26-20)27-9-13-12(14(13)10-27)8-16(29)30-2/h3-4,7,11-14H,5-6,8-10H2,1-2H3/t11-,12-,13-,14+/m0/s1. The molecule has 2 aromatic rings. The molecular weight excluding hydrogens is 429 g/mol. The van der Waals surface area contributed by atoms with Crippen molar-refractivity contribution >= 4 is 29.1 Å². The Morgan fingerprint density at radius 1 is 1.29 bits per heavy atom. The van der Waals surface area contributed by atoms with Crippen molar-refractivity contribution in [2.75, 3.05) is 36.5 Å². The maximum Gasteiger partial charge on any atom is 0.434 e. The summed E-state index contributed by atoms with van der Waals surface area (Å²) in [6.45, 7) is 3.81. The molecular formula is C21H23F3N4O2S. The Kier molecular flexibility index (Phi) is 4.87. The molecule has 3 aliphatic rings. The fraction of sp³-hybridized carbons (Fsp3) is 0.571. The lowest BCUT2D eigenvalue weighted by Gasteiger charge is -2.39. The van der Waals surface area contributed by atoms with Crippen molar-refractivity contribution in [3.05, 3.63) is 23.2 Å². The Bertz CT molecular complexity index is 985. The molecule has 166 valence electrons. The number of methoxy groups -OCH3 is 1. The third-order valence-electron chi connectivity index (χ3n) is 6.79. The molecule has 2 saturated heterocycles. The van der Waals surface area contributed by atoms with E-state index in [1.54, 1.807) is 17.5 Å². The van der Waals surface area contributed by atoms with Crippen LogP contribution in [0.2, 0.25) is 0 Å². The van der Waals surface area contributed by atoms with E-state index in [4.69, 9.17) is 4.74 Å². The van der Waals surface area contributed by atoms with Gasteiger partial charge in [0.25, 0.3) is 0 Å². The van der Waals surface area contributed by atoms with Crippen molar-refractivity contribution in [2.45, 2.75) is 32.0 Å². The lowest BCUT2D eigenvalue weighted by Crippen LogP contribution is -2.47. The molecule has 1 saturated carbocycles. The molecule has 10 heteroatoms. The third kappa shape index (κ3) is 3.54. The molecule has 4 atom stereocenters. The summed E-state index contributed by atoms with van der Waals surface area (Å²) in [6.07, 6.45) is -3.31. The van der Waals surface area contributed by atoms with Crippen molar-refractivity contribution < 1.29 is 22.7 Å². The topological polar surface area (TPSA) is 58.6 Å².